The molecule has 0 bridgehead atoms. The predicted molar refractivity (Wildman–Crippen MR) is 114 cm³/mol. The van der Waals surface area contributed by atoms with Crippen molar-refractivity contribution in [3.63, 3.8) is 0 Å². The van der Waals surface area contributed by atoms with Gasteiger partial charge in [0, 0.05) is 32.7 Å². The Morgan fingerprint density at radius 3 is 2.38 bits per heavy atom. The Labute approximate surface area is 171 Å². The number of hydrogen-bond acceptors (Lipinski definition) is 5. The van der Waals surface area contributed by atoms with Crippen LogP contribution < -0.4 is 0 Å². The number of benzene rings is 2. The molecule has 0 aliphatic carbocycles. The van der Waals surface area contributed by atoms with Crippen LogP contribution in [0.3, 0.4) is 0 Å². The normalized spacial score (nSPS) is 15.6. The fourth-order valence-electron chi connectivity index (χ4n) is 3.88. The number of carbonyl (C=O) groups excluding carboxylic acids is 1. The van der Waals surface area contributed by atoms with Crippen LogP contribution in [0.1, 0.15) is 18.3 Å². The summed E-state index contributed by atoms with van der Waals surface area (Å²) in [6, 6.07) is 18.9. The molecule has 0 radical (unpaired) electrons. The van der Waals surface area contributed by atoms with Gasteiger partial charge in [0.2, 0.25) is 0 Å². The number of piperazine rings is 1. The first kappa shape index (κ1) is 19.6. The Morgan fingerprint density at radius 2 is 1.62 bits per heavy atom. The van der Waals surface area contributed by atoms with E-state index in [1.165, 1.54) is 11.1 Å². The third-order valence-corrected chi connectivity index (χ3v) is 5.41. The zero-order valence-corrected chi connectivity index (χ0v) is 17.0. The standard InChI is InChI=1S/C23H28N4O2/c1-2-29-23(28)18-26-14-12-25(13-15-26)17-22-24-20-10-6-7-11-21(20)27(22)16-19-8-4-3-5-9-19/h3-11H,2,12-18H2,1H3. The third-order valence-electron chi connectivity index (χ3n) is 5.41. The van der Waals surface area contributed by atoms with Crippen molar-refractivity contribution in [3.8, 4) is 0 Å². The summed E-state index contributed by atoms with van der Waals surface area (Å²) in [5.41, 5.74) is 3.49. The number of para-hydroxylation sites is 2. The molecule has 1 aliphatic rings. The van der Waals surface area contributed by atoms with Crippen LogP contribution in [0.4, 0.5) is 0 Å². The Bertz CT molecular complexity index is 946. The highest BCUT2D eigenvalue weighted by Gasteiger charge is 2.21. The second kappa shape index (κ2) is 9.20. The smallest absolute Gasteiger partial charge is 0.320 e. The molecule has 1 aliphatic heterocycles. The van der Waals surface area contributed by atoms with Crippen LogP contribution in [0.5, 0.6) is 0 Å². The maximum atomic E-state index is 11.7. The molecule has 2 heterocycles. The van der Waals surface area contributed by atoms with Crippen LogP contribution in [0.2, 0.25) is 0 Å². The van der Waals surface area contributed by atoms with Gasteiger partial charge in [-0.1, -0.05) is 42.5 Å². The van der Waals surface area contributed by atoms with E-state index in [0.717, 1.165) is 50.6 Å². The number of imidazole rings is 1. The highest BCUT2D eigenvalue weighted by molar-refractivity contribution is 5.76. The zero-order valence-electron chi connectivity index (χ0n) is 17.0. The van der Waals surface area contributed by atoms with E-state index < -0.39 is 0 Å². The summed E-state index contributed by atoms with van der Waals surface area (Å²) >= 11 is 0. The Kier molecular flexibility index (Phi) is 6.22. The van der Waals surface area contributed by atoms with Gasteiger partial charge in [0.15, 0.2) is 0 Å². The van der Waals surface area contributed by atoms with Gasteiger partial charge in [-0.15, -0.1) is 0 Å². The number of aromatic nitrogens is 2. The van der Waals surface area contributed by atoms with Gasteiger partial charge >= 0.3 is 5.97 Å². The van der Waals surface area contributed by atoms with E-state index in [9.17, 15) is 4.79 Å². The van der Waals surface area contributed by atoms with Crippen LogP contribution in [0, 0.1) is 0 Å². The maximum Gasteiger partial charge on any atom is 0.320 e. The molecule has 0 atom stereocenters. The number of ether oxygens (including phenoxy) is 1. The molecule has 4 rings (SSSR count). The maximum absolute atomic E-state index is 11.7. The molecule has 1 fully saturated rings. The van der Waals surface area contributed by atoms with E-state index >= 15 is 0 Å². The number of fused-ring (bicyclic) bond motifs is 1. The molecule has 0 N–H and O–H groups in total. The Hall–Kier alpha value is -2.70. The van der Waals surface area contributed by atoms with Crippen LogP contribution in [0.25, 0.3) is 11.0 Å². The van der Waals surface area contributed by atoms with Crippen molar-refractivity contribution < 1.29 is 9.53 Å². The van der Waals surface area contributed by atoms with Gasteiger partial charge in [0.05, 0.1) is 30.7 Å². The largest absolute Gasteiger partial charge is 0.465 e. The summed E-state index contributed by atoms with van der Waals surface area (Å²) in [5.74, 6) is 0.958. The lowest BCUT2D eigenvalue weighted by molar-refractivity contribution is -0.144. The summed E-state index contributed by atoms with van der Waals surface area (Å²) in [4.78, 5) is 21.2. The van der Waals surface area contributed by atoms with Crippen molar-refractivity contribution in [3.05, 3.63) is 66.0 Å². The molecule has 2 aromatic carbocycles. The number of esters is 1. The minimum atomic E-state index is -0.134. The molecule has 0 spiro atoms. The van der Waals surface area contributed by atoms with Gasteiger partial charge < -0.3 is 9.30 Å². The SMILES string of the molecule is CCOC(=O)CN1CCN(Cc2nc3ccccc3n2Cc2ccccc2)CC1. The molecule has 1 saturated heterocycles. The zero-order chi connectivity index (χ0) is 20.1. The Morgan fingerprint density at radius 1 is 0.931 bits per heavy atom. The van der Waals surface area contributed by atoms with E-state index in [2.05, 4.69) is 56.8 Å². The molecular weight excluding hydrogens is 364 g/mol. The predicted octanol–water partition coefficient (Wildman–Crippen LogP) is 2.77. The number of carbonyl (C=O) groups is 1. The van der Waals surface area contributed by atoms with E-state index in [4.69, 9.17) is 9.72 Å². The second-order valence-electron chi connectivity index (χ2n) is 7.45. The lowest BCUT2D eigenvalue weighted by Crippen LogP contribution is -2.47. The average Bonchev–Trinajstić information content (AvgIpc) is 3.07. The average molecular weight is 393 g/mol. The van der Waals surface area contributed by atoms with Crippen LogP contribution >= 0.6 is 0 Å². The first-order chi connectivity index (χ1) is 14.2. The molecule has 0 saturated carbocycles. The molecule has 0 unspecified atom stereocenters. The van der Waals surface area contributed by atoms with Crippen molar-refractivity contribution in [1.29, 1.82) is 0 Å². The fourth-order valence-corrected chi connectivity index (χ4v) is 3.88. The molecule has 29 heavy (non-hydrogen) atoms. The third kappa shape index (κ3) is 4.83. The van der Waals surface area contributed by atoms with Crippen molar-refractivity contribution >= 4 is 17.0 Å². The summed E-state index contributed by atoms with van der Waals surface area (Å²) in [6.45, 7) is 7.90. The van der Waals surface area contributed by atoms with Gasteiger partial charge in [-0.2, -0.15) is 0 Å². The second-order valence-corrected chi connectivity index (χ2v) is 7.45. The van der Waals surface area contributed by atoms with Gasteiger partial charge in [0.1, 0.15) is 5.82 Å². The molecule has 1 aromatic heterocycles. The summed E-state index contributed by atoms with van der Waals surface area (Å²) < 4.78 is 7.39. The van der Waals surface area contributed by atoms with Gasteiger partial charge in [-0.25, -0.2) is 4.98 Å². The lowest BCUT2D eigenvalue weighted by Gasteiger charge is -2.33. The van der Waals surface area contributed by atoms with Gasteiger partial charge in [-0.05, 0) is 24.6 Å². The summed E-state index contributed by atoms with van der Waals surface area (Å²) in [6.07, 6.45) is 0. The molecule has 0 amide bonds. The van der Waals surface area contributed by atoms with E-state index in [0.29, 0.717) is 13.2 Å². The first-order valence-corrected chi connectivity index (χ1v) is 10.3. The molecule has 6 nitrogen and oxygen atoms in total. The summed E-state index contributed by atoms with van der Waals surface area (Å²) in [5, 5.41) is 0. The number of hydrogen-bond donors (Lipinski definition) is 0. The molecular formula is C23H28N4O2. The minimum absolute atomic E-state index is 0.134. The van der Waals surface area contributed by atoms with Gasteiger partial charge in [-0.3, -0.25) is 14.6 Å². The number of rotatable bonds is 7. The monoisotopic (exact) mass is 392 g/mol. The van der Waals surface area contributed by atoms with Crippen molar-refractivity contribution in [2.75, 3.05) is 39.3 Å². The Balaban J connectivity index is 1.46. The number of nitrogens with zero attached hydrogens (tertiary/aromatic N) is 4. The van der Waals surface area contributed by atoms with Crippen LogP contribution in [-0.2, 0) is 22.6 Å². The van der Waals surface area contributed by atoms with Crippen LogP contribution in [0.15, 0.2) is 54.6 Å². The highest BCUT2D eigenvalue weighted by Crippen LogP contribution is 2.20. The minimum Gasteiger partial charge on any atom is -0.465 e. The van der Waals surface area contributed by atoms with Gasteiger partial charge in [0.25, 0.3) is 0 Å². The van der Waals surface area contributed by atoms with E-state index in [1.54, 1.807) is 0 Å². The van der Waals surface area contributed by atoms with E-state index in [1.807, 2.05) is 19.1 Å². The highest BCUT2D eigenvalue weighted by atomic mass is 16.5. The lowest BCUT2D eigenvalue weighted by atomic mass is 10.2. The summed E-state index contributed by atoms with van der Waals surface area (Å²) in [7, 11) is 0. The molecule has 152 valence electrons. The van der Waals surface area contributed by atoms with Crippen molar-refractivity contribution in [1.82, 2.24) is 19.4 Å². The molecule has 6 heteroatoms. The van der Waals surface area contributed by atoms with Crippen molar-refractivity contribution in [2.24, 2.45) is 0 Å². The topological polar surface area (TPSA) is 50.6 Å². The van der Waals surface area contributed by atoms with Crippen LogP contribution in [-0.4, -0.2) is 64.7 Å². The van der Waals surface area contributed by atoms with Crippen molar-refractivity contribution in [2.45, 2.75) is 20.0 Å². The van der Waals surface area contributed by atoms with E-state index in [-0.39, 0.29) is 5.97 Å². The quantitative estimate of drug-likeness (QED) is 0.579. The molecule has 3 aromatic rings. The first-order valence-electron chi connectivity index (χ1n) is 10.3. The fraction of sp³-hybridized carbons (Fsp3) is 0.391.